The predicted molar refractivity (Wildman–Crippen MR) is 268 cm³/mol. The van der Waals surface area contributed by atoms with E-state index in [0.29, 0.717) is 0 Å². The van der Waals surface area contributed by atoms with Crippen molar-refractivity contribution in [3.05, 3.63) is 203 Å². The van der Waals surface area contributed by atoms with Crippen molar-refractivity contribution in [2.24, 2.45) is 0 Å². The zero-order chi connectivity index (χ0) is 42.8. The molecule has 0 bridgehead atoms. The van der Waals surface area contributed by atoms with E-state index in [4.69, 9.17) is 9.97 Å². The van der Waals surface area contributed by atoms with Crippen LogP contribution in [0.5, 0.6) is 0 Å². The van der Waals surface area contributed by atoms with Crippen LogP contribution in [0.15, 0.2) is 170 Å². The predicted octanol–water partition coefficient (Wildman–Crippen LogP) is 16.5. The van der Waals surface area contributed by atoms with Gasteiger partial charge in [-0.1, -0.05) is 157 Å². The molecular weight excluding hydrogens is 801 g/mol. The van der Waals surface area contributed by atoms with Crippen molar-refractivity contribution in [3.8, 4) is 65.6 Å². The van der Waals surface area contributed by atoms with Gasteiger partial charge in [-0.05, 0) is 143 Å². The first-order valence-electron chi connectivity index (χ1n) is 22.0. The minimum Gasteiger partial charge on any atom is -0.236 e. The molecule has 0 amide bonds. The van der Waals surface area contributed by atoms with Gasteiger partial charge in [0.05, 0.1) is 25.8 Å². The van der Waals surface area contributed by atoms with E-state index in [1.807, 2.05) is 0 Å². The Morgan fingerprint density at radius 3 is 1.33 bits per heavy atom. The first-order chi connectivity index (χ1) is 30.4. The zero-order valence-electron chi connectivity index (χ0n) is 36.4. The lowest BCUT2D eigenvalue weighted by atomic mass is 9.68. The third-order valence-corrected chi connectivity index (χ3v) is 15.6. The molecule has 0 unspecified atom stereocenters. The molecule has 2 aliphatic carbocycles. The monoisotopic (exact) mass is 846 g/mol. The maximum atomic E-state index is 5.12. The molecule has 0 N–H and O–H groups in total. The van der Waals surface area contributed by atoms with Crippen molar-refractivity contribution in [2.45, 2.75) is 57.8 Å². The van der Waals surface area contributed by atoms with E-state index in [-0.39, 0.29) is 10.8 Å². The Labute approximate surface area is 377 Å². The Morgan fingerprint density at radius 2 is 0.778 bits per heavy atom. The third-order valence-electron chi connectivity index (χ3n) is 13.5. The SMILES string of the molecule is CC(C)(C)c1ccc2c(c1)C1(c3ccccc3-c3ccc(-c4cccc(-c5cc(-c6nc7ccccc7s6)cc(-c6nc7ccccc7s6)c5)c4)cc31)c1cc(C(C)(C)C)ccc1-2. The first-order valence-corrected chi connectivity index (χ1v) is 23.6. The van der Waals surface area contributed by atoms with Crippen LogP contribution in [-0.4, -0.2) is 9.97 Å². The fraction of sp³-hybridized carbons (Fsp3) is 0.153. The normalized spacial score (nSPS) is 13.7. The average molecular weight is 847 g/mol. The molecule has 0 saturated carbocycles. The van der Waals surface area contributed by atoms with E-state index < -0.39 is 5.41 Å². The molecule has 0 atom stereocenters. The molecule has 1 spiro atoms. The Hall–Kier alpha value is -6.46. The van der Waals surface area contributed by atoms with Crippen LogP contribution in [0.2, 0.25) is 0 Å². The van der Waals surface area contributed by atoms with Crippen molar-refractivity contribution >= 4 is 43.1 Å². The lowest BCUT2D eigenvalue weighted by molar-refractivity contribution is 0.586. The molecule has 304 valence electrons. The number of benzene rings is 8. The van der Waals surface area contributed by atoms with Gasteiger partial charge in [0.25, 0.3) is 0 Å². The quantitative estimate of drug-likeness (QED) is 0.176. The number of rotatable bonds is 4. The van der Waals surface area contributed by atoms with Crippen LogP contribution in [0.25, 0.3) is 86.1 Å². The maximum absolute atomic E-state index is 5.12. The third kappa shape index (κ3) is 5.95. The van der Waals surface area contributed by atoms with Gasteiger partial charge < -0.3 is 0 Å². The average Bonchev–Trinajstić information content (AvgIpc) is 4.07. The van der Waals surface area contributed by atoms with Gasteiger partial charge in [0.2, 0.25) is 0 Å². The van der Waals surface area contributed by atoms with E-state index in [1.54, 1.807) is 22.7 Å². The molecule has 2 aliphatic rings. The molecule has 4 heteroatoms. The van der Waals surface area contributed by atoms with Gasteiger partial charge in [-0.3, -0.25) is 0 Å². The number of nitrogens with zero attached hydrogens (tertiary/aromatic N) is 2. The van der Waals surface area contributed by atoms with E-state index >= 15 is 0 Å². The van der Waals surface area contributed by atoms with Crippen LogP contribution in [0.3, 0.4) is 0 Å². The highest BCUT2D eigenvalue weighted by Crippen LogP contribution is 2.64. The Bertz CT molecular complexity index is 3270. The Kier molecular flexibility index (Phi) is 8.36. The summed E-state index contributed by atoms with van der Waals surface area (Å²) in [6.07, 6.45) is 0. The minimum atomic E-state index is -0.454. The summed E-state index contributed by atoms with van der Waals surface area (Å²) in [5.74, 6) is 0. The van der Waals surface area contributed by atoms with Crippen LogP contribution < -0.4 is 0 Å². The standard InChI is InChI=1S/C59H46N2S2/c1-57(2,3)41-23-26-45-46-27-24-42(58(4,5)6)34-50(46)59(49(45)33-41)47-17-8-7-16-43(47)44-25-22-37(32-48(44)59)35-14-13-15-36(28-35)38-29-39(55-60-51-18-9-11-20-53(51)62-55)31-40(30-38)56-61-52-19-10-12-21-54(52)63-56/h7-34H,1-6H3. The van der Waals surface area contributed by atoms with Gasteiger partial charge in [0, 0.05) is 11.1 Å². The summed E-state index contributed by atoms with van der Waals surface area (Å²) in [4.78, 5) is 10.2. The fourth-order valence-corrected chi connectivity index (χ4v) is 12.1. The summed E-state index contributed by atoms with van der Waals surface area (Å²) in [7, 11) is 0. The number of thiazole rings is 2. The van der Waals surface area contributed by atoms with E-state index in [1.165, 1.54) is 76.2 Å². The van der Waals surface area contributed by atoms with Crippen LogP contribution in [0.1, 0.15) is 74.9 Å². The minimum absolute atomic E-state index is 0.00202. The second-order valence-corrected chi connectivity index (χ2v) is 21.5. The Balaban J connectivity index is 1.05. The highest BCUT2D eigenvalue weighted by Gasteiger charge is 2.52. The molecule has 0 aliphatic heterocycles. The van der Waals surface area contributed by atoms with Gasteiger partial charge >= 0.3 is 0 Å². The number of para-hydroxylation sites is 2. The zero-order valence-corrected chi connectivity index (χ0v) is 38.0. The van der Waals surface area contributed by atoms with E-state index in [0.717, 1.165) is 43.3 Å². The molecule has 0 fully saturated rings. The summed E-state index contributed by atoms with van der Waals surface area (Å²) in [6.45, 7) is 14.0. The van der Waals surface area contributed by atoms with Crippen LogP contribution >= 0.6 is 22.7 Å². The second-order valence-electron chi connectivity index (χ2n) is 19.4. The molecule has 2 nitrogen and oxygen atoms in total. The molecule has 0 radical (unpaired) electrons. The summed E-state index contributed by atoms with van der Waals surface area (Å²) >= 11 is 3.49. The molecule has 2 heterocycles. The van der Waals surface area contributed by atoms with Crippen LogP contribution in [-0.2, 0) is 16.2 Å². The fourth-order valence-electron chi connectivity index (χ4n) is 10.2. The largest absolute Gasteiger partial charge is 0.236 e. The Morgan fingerprint density at radius 1 is 0.349 bits per heavy atom. The summed E-state index contributed by atoms with van der Waals surface area (Å²) in [6, 6.07) is 63.9. The van der Waals surface area contributed by atoms with Gasteiger partial charge in [-0.2, -0.15) is 0 Å². The van der Waals surface area contributed by atoms with Gasteiger partial charge in [-0.15, -0.1) is 22.7 Å². The first kappa shape index (κ1) is 38.2. The summed E-state index contributed by atoms with van der Waals surface area (Å²) in [5.41, 5.74) is 22.1. The van der Waals surface area contributed by atoms with Crippen LogP contribution in [0, 0.1) is 0 Å². The molecular formula is C59H46N2S2. The highest BCUT2D eigenvalue weighted by atomic mass is 32.1. The van der Waals surface area contributed by atoms with Crippen molar-refractivity contribution in [1.82, 2.24) is 9.97 Å². The smallest absolute Gasteiger partial charge is 0.124 e. The summed E-state index contributed by atoms with van der Waals surface area (Å²) in [5, 5.41) is 2.03. The lowest BCUT2D eigenvalue weighted by Crippen LogP contribution is -2.27. The molecule has 12 rings (SSSR count). The molecule has 10 aromatic rings. The van der Waals surface area contributed by atoms with Crippen molar-refractivity contribution < 1.29 is 0 Å². The number of fused-ring (bicyclic) bond motifs is 12. The number of hydrogen-bond acceptors (Lipinski definition) is 4. The number of aromatic nitrogens is 2. The molecule has 2 aromatic heterocycles. The molecule has 0 saturated heterocycles. The number of hydrogen-bond donors (Lipinski definition) is 0. The van der Waals surface area contributed by atoms with E-state index in [9.17, 15) is 0 Å². The maximum Gasteiger partial charge on any atom is 0.124 e. The highest BCUT2D eigenvalue weighted by molar-refractivity contribution is 7.22. The summed E-state index contributed by atoms with van der Waals surface area (Å²) < 4.78 is 2.38. The lowest BCUT2D eigenvalue weighted by Gasteiger charge is -2.33. The van der Waals surface area contributed by atoms with Gasteiger partial charge in [-0.25, -0.2) is 9.97 Å². The topological polar surface area (TPSA) is 25.8 Å². The molecule has 63 heavy (non-hydrogen) atoms. The van der Waals surface area contributed by atoms with Crippen molar-refractivity contribution in [1.29, 1.82) is 0 Å². The van der Waals surface area contributed by atoms with Crippen LogP contribution in [0.4, 0.5) is 0 Å². The molecule has 8 aromatic carbocycles. The van der Waals surface area contributed by atoms with Crippen molar-refractivity contribution in [3.63, 3.8) is 0 Å². The second kappa shape index (κ2) is 13.8. The van der Waals surface area contributed by atoms with Gasteiger partial charge in [0.1, 0.15) is 10.0 Å². The van der Waals surface area contributed by atoms with E-state index in [2.05, 4.69) is 211 Å². The van der Waals surface area contributed by atoms with Crippen molar-refractivity contribution in [2.75, 3.05) is 0 Å². The van der Waals surface area contributed by atoms with Gasteiger partial charge in [0.15, 0.2) is 0 Å².